The minimum Gasteiger partial charge on any atom is -0.451 e. The summed E-state index contributed by atoms with van der Waals surface area (Å²) in [5, 5.41) is 5.90. The molecule has 0 bridgehead atoms. The Morgan fingerprint density at radius 2 is 1.82 bits per heavy atom. The minimum absolute atomic E-state index is 0.0241. The second-order valence-corrected chi connectivity index (χ2v) is 5.49. The number of nitrogens with one attached hydrogen (secondary N) is 1. The first-order chi connectivity index (χ1) is 13.3. The molecule has 1 heterocycles. The Kier molecular flexibility index (Phi) is 7.04. The molecule has 2 amide bonds. The zero-order valence-corrected chi connectivity index (χ0v) is 14.6. The molecule has 1 N–H and O–H groups in total. The number of halogens is 4. The van der Waals surface area contributed by atoms with E-state index in [1.165, 1.54) is 7.11 Å². The van der Waals surface area contributed by atoms with Crippen molar-refractivity contribution in [2.45, 2.75) is 12.8 Å². The Balaban J connectivity index is 2.17. The molecule has 0 aliphatic carbocycles. The summed E-state index contributed by atoms with van der Waals surface area (Å²) in [5.74, 6) is -9.92. The molecule has 0 fully saturated rings. The molecule has 0 atom stereocenters. The van der Waals surface area contributed by atoms with Crippen molar-refractivity contribution in [2.75, 3.05) is 31.9 Å². The van der Waals surface area contributed by atoms with E-state index in [2.05, 4.69) is 10.4 Å². The van der Waals surface area contributed by atoms with Crippen molar-refractivity contribution in [1.82, 2.24) is 5.32 Å². The van der Waals surface area contributed by atoms with Gasteiger partial charge in [-0.25, -0.2) is 22.4 Å². The molecule has 0 radical (unpaired) electrons. The molecule has 1 aromatic rings. The number of rotatable bonds is 7. The molecule has 0 unspecified atom stereocenters. The molecule has 28 heavy (non-hydrogen) atoms. The lowest BCUT2D eigenvalue weighted by molar-refractivity contribution is -0.142. The van der Waals surface area contributed by atoms with E-state index in [4.69, 9.17) is 9.47 Å². The van der Waals surface area contributed by atoms with Crippen LogP contribution in [0.25, 0.3) is 0 Å². The average molecular weight is 405 g/mol. The number of esters is 1. The Bertz CT molecular complexity index is 805. The highest BCUT2D eigenvalue weighted by Crippen LogP contribution is 2.30. The van der Waals surface area contributed by atoms with E-state index in [1.54, 1.807) is 0 Å². The molecule has 152 valence electrons. The van der Waals surface area contributed by atoms with E-state index < -0.39 is 65.5 Å². The Hall–Kier alpha value is -3.02. The normalized spacial score (nSPS) is 14.0. The van der Waals surface area contributed by atoms with Gasteiger partial charge in [0.25, 0.3) is 5.91 Å². The van der Waals surface area contributed by atoms with Gasteiger partial charge < -0.3 is 14.8 Å². The molecule has 0 saturated heterocycles. The SMILES string of the molecule is COCCNC(=O)COC(=O)C1=NN(c2c(F)c(F)cc(F)c2F)C(=O)CC1. The van der Waals surface area contributed by atoms with E-state index >= 15 is 0 Å². The second-order valence-electron chi connectivity index (χ2n) is 5.49. The number of carbonyl (C=O) groups is 3. The van der Waals surface area contributed by atoms with Gasteiger partial charge in [0.1, 0.15) is 11.4 Å². The number of carbonyl (C=O) groups excluding carboxylic acids is 3. The van der Waals surface area contributed by atoms with Crippen LogP contribution < -0.4 is 10.3 Å². The van der Waals surface area contributed by atoms with Gasteiger partial charge in [-0.3, -0.25) is 9.59 Å². The largest absolute Gasteiger partial charge is 0.451 e. The third kappa shape index (κ3) is 4.82. The number of ether oxygens (including phenoxy) is 2. The summed E-state index contributed by atoms with van der Waals surface area (Å²) in [7, 11) is 1.43. The number of benzene rings is 1. The highest BCUT2D eigenvalue weighted by Gasteiger charge is 2.33. The average Bonchev–Trinajstić information content (AvgIpc) is 2.66. The fourth-order valence-corrected chi connectivity index (χ4v) is 2.18. The summed E-state index contributed by atoms with van der Waals surface area (Å²) in [6.45, 7) is -0.253. The molecule has 2 rings (SSSR count). The second kappa shape index (κ2) is 9.26. The minimum atomic E-state index is -1.84. The van der Waals surface area contributed by atoms with Gasteiger partial charge in [-0.2, -0.15) is 10.1 Å². The van der Waals surface area contributed by atoms with E-state index in [0.29, 0.717) is 0 Å². The van der Waals surface area contributed by atoms with Crippen LogP contribution in [0.15, 0.2) is 11.2 Å². The highest BCUT2D eigenvalue weighted by molar-refractivity contribution is 6.38. The van der Waals surface area contributed by atoms with E-state index in [1.807, 2.05) is 0 Å². The molecular weight excluding hydrogens is 390 g/mol. The van der Waals surface area contributed by atoms with E-state index in [0.717, 1.165) is 0 Å². The van der Waals surface area contributed by atoms with Gasteiger partial charge >= 0.3 is 5.97 Å². The van der Waals surface area contributed by atoms with Crippen LogP contribution in [0.1, 0.15) is 12.8 Å². The highest BCUT2D eigenvalue weighted by atomic mass is 19.2. The Morgan fingerprint density at radius 3 is 2.43 bits per heavy atom. The molecule has 1 aliphatic heterocycles. The van der Waals surface area contributed by atoms with Gasteiger partial charge in [0.15, 0.2) is 29.9 Å². The van der Waals surface area contributed by atoms with Crippen LogP contribution in [0.5, 0.6) is 0 Å². The molecule has 1 aromatic carbocycles. The van der Waals surface area contributed by atoms with Crippen molar-refractivity contribution < 1.29 is 41.4 Å². The predicted octanol–water partition coefficient (Wildman–Crippen LogP) is 1.03. The molecule has 0 spiro atoms. The maximum Gasteiger partial charge on any atom is 0.355 e. The van der Waals surface area contributed by atoms with Crippen molar-refractivity contribution in [3.8, 4) is 0 Å². The van der Waals surface area contributed by atoms with Crippen LogP contribution in [0.2, 0.25) is 0 Å². The van der Waals surface area contributed by atoms with Crippen molar-refractivity contribution in [2.24, 2.45) is 5.10 Å². The van der Waals surface area contributed by atoms with Gasteiger partial charge in [0.05, 0.1) is 6.61 Å². The number of amides is 2. The quantitative estimate of drug-likeness (QED) is 0.316. The number of hydrogen-bond donors (Lipinski definition) is 1. The number of hydrazone groups is 1. The third-order valence-electron chi connectivity index (χ3n) is 3.53. The first-order valence-electron chi connectivity index (χ1n) is 7.92. The fourth-order valence-electron chi connectivity index (χ4n) is 2.18. The number of anilines is 1. The zero-order valence-electron chi connectivity index (χ0n) is 14.6. The summed E-state index contributed by atoms with van der Waals surface area (Å²) >= 11 is 0. The summed E-state index contributed by atoms with van der Waals surface area (Å²) < 4.78 is 64.0. The van der Waals surface area contributed by atoms with Crippen molar-refractivity contribution >= 4 is 29.2 Å². The fraction of sp³-hybridized carbons (Fsp3) is 0.375. The smallest absolute Gasteiger partial charge is 0.355 e. The van der Waals surface area contributed by atoms with Crippen LogP contribution in [0.3, 0.4) is 0 Å². The number of nitrogens with zero attached hydrogens (tertiary/aromatic N) is 2. The molecule has 1 aliphatic rings. The zero-order chi connectivity index (χ0) is 20.8. The van der Waals surface area contributed by atoms with Crippen LogP contribution >= 0.6 is 0 Å². The van der Waals surface area contributed by atoms with Gasteiger partial charge in [0, 0.05) is 32.6 Å². The lowest BCUT2D eigenvalue weighted by atomic mass is 10.1. The number of methoxy groups -OCH3 is 1. The molecule has 0 aromatic heterocycles. The summed E-state index contributed by atoms with van der Waals surface area (Å²) in [5.41, 5.74) is -1.84. The van der Waals surface area contributed by atoms with Crippen LogP contribution in [-0.2, 0) is 23.9 Å². The first-order valence-corrected chi connectivity index (χ1v) is 7.92. The third-order valence-corrected chi connectivity index (χ3v) is 3.53. The summed E-state index contributed by atoms with van der Waals surface area (Å²) in [6.07, 6.45) is -0.675. The van der Waals surface area contributed by atoms with E-state index in [-0.39, 0.29) is 30.6 Å². The summed E-state index contributed by atoms with van der Waals surface area (Å²) in [4.78, 5) is 35.4. The Labute approximate surface area is 156 Å². The van der Waals surface area contributed by atoms with Crippen molar-refractivity contribution in [3.05, 3.63) is 29.3 Å². The molecule has 0 saturated carbocycles. The van der Waals surface area contributed by atoms with Crippen molar-refractivity contribution in [3.63, 3.8) is 0 Å². The monoisotopic (exact) mass is 405 g/mol. The number of hydrogen-bond acceptors (Lipinski definition) is 6. The lowest BCUT2D eigenvalue weighted by Gasteiger charge is -2.23. The molecule has 12 heteroatoms. The van der Waals surface area contributed by atoms with Gasteiger partial charge in [-0.1, -0.05) is 0 Å². The maximum absolute atomic E-state index is 13.9. The van der Waals surface area contributed by atoms with Crippen molar-refractivity contribution in [1.29, 1.82) is 0 Å². The standard InChI is InChI=1S/C16H15F4N3O5/c1-27-5-4-21-11(24)7-28-16(26)10-2-3-12(25)23(22-10)15-13(19)8(17)6-9(18)14(15)20/h6H,2-5,7H2,1H3,(H,21,24). The van der Waals surface area contributed by atoms with Gasteiger partial charge in [0.2, 0.25) is 5.91 Å². The van der Waals surface area contributed by atoms with Gasteiger partial charge in [-0.05, 0) is 0 Å². The Morgan fingerprint density at radius 1 is 1.18 bits per heavy atom. The maximum atomic E-state index is 13.9. The lowest BCUT2D eigenvalue weighted by Crippen LogP contribution is -2.37. The molecular formula is C16H15F4N3O5. The predicted molar refractivity (Wildman–Crippen MR) is 86.3 cm³/mol. The molecule has 8 nitrogen and oxygen atoms in total. The van der Waals surface area contributed by atoms with E-state index in [9.17, 15) is 31.9 Å². The van der Waals surface area contributed by atoms with Gasteiger partial charge in [-0.15, -0.1) is 0 Å². The van der Waals surface area contributed by atoms with Crippen LogP contribution in [0.4, 0.5) is 23.2 Å². The topological polar surface area (TPSA) is 97.3 Å². The summed E-state index contributed by atoms with van der Waals surface area (Å²) in [6, 6.07) is -0.0241. The first kappa shape index (κ1) is 21.3. The van der Waals surface area contributed by atoms with Crippen LogP contribution in [-0.4, -0.2) is 50.4 Å². The van der Waals surface area contributed by atoms with Crippen LogP contribution in [0, 0.1) is 23.3 Å².